The largest absolute Gasteiger partial charge is 0.374 e. The van der Waals surface area contributed by atoms with Crippen LogP contribution in [0.3, 0.4) is 0 Å². The molecule has 2 rings (SSSR count). The lowest BCUT2D eigenvalue weighted by Crippen LogP contribution is -2.20. The highest BCUT2D eigenvalue weighted by Gasteiger charge is 2.12. The minimum absolute atomic E-state index is 0.277. The van der Waals surface area contributed by atoms with E-state index in [-0.39, 0.29) is 6.04 Å². The van der Waals surface area contributed by atoms with Gasteiger partial charge in [0.1, 0.15) is 0 Å². The van der Waals surface area contributed by atoms with Gasteiger partial charge in [-0.2, -0.15) is 0 Å². The average Bonchev–Trinajstić information content (AvgIpc) is 2.81. The minimum Gasteiger partial charge on any atom is -0.374 e. The van der Waals surface area contributed by atoms with Crippen molar-refractivity contribution in [3.63, 3.8) is 0 Å². The number of nitrogens with zero attached hydrogens (tertiary/aromatic N) is 4. The van der Waals surface area contributed by atoms with Gasteiger partial charge in [-0.15, -0.1) is 10.2 Å². The number of nitrogens with two attached hydrogens (primary N) is 1. The fraction of sp³-hybridized carbons (Fsp3) is 0.429. The molecule has 0 bridgehead atoms. The van der Waals surface area contributed by atoms with Gasteiger partial charge in [0.05, 0.1) is 0 Å². The zero-order chi connectivity index (χ0) is 14.5. The fourth-order valence-corrected chi connectivity index (χ4v) is 3.05. The molecule has 20 heavy (non-hydrogen) atoms. The van der Waals surface area contributed by atoms with Gasteiger partial charge in [-0.05, 0) is 26.0 Å². The van der Waals surface area contributed by atoms with E-state index in [2.05, 4.69) is 60.3 Å². The molecule has 0 unspecified atom stereocenters. The molecule has 1 aromatic heterocycles. The molecule has 0 radical (unpaired) electrons. The number of nitrogen functional groups attached to an aromatic ring is 1. The molecule has 108 valence electrons. The van der Waals surface area contributed by atoms with Crippen molar-refractivity contribution in [2.45, 2.75) is 25.0 Å². The molecule has 2 N–H and O–H groups in total. The summed E-state index contributed by atoms with van der Waals surface area (Å²) < 4.78 is 1.97. The van der Waals surface area contributed by atoms with Crippen LogP contribution in [0.2, 0.25) is 0 Å². The molecule has 2 aromatic rings. The standard InChI is InChI=1S/C14H21N5S/c1-11(2)19-13(15)16-17-14(19)20-10-9-18(3)12-7-5-4-6-8-12/h4-8,11H,9-10H2,1-3H3,(H2,15,16). The lowest BCUT2D eigenvalue weighted by molar-refractivity contribution is 0.557. The minimum atomic E-state index is 0.277. The first-order valence-electron chi connectivity index (χ1n) is 6.69. The third kappa shape index (κ3) is 3.45. The van der Waals surface area contributed by atoms with E-state index < -0.39 is 0 Å². The maximum Gasteiger partial charge on any atom is 0.222 e. The van der Waals surface area contributed by atoms with E-state index >= 15 is 0 Å². The van der Waals surface area contributed by atoms with Crippen LogP contribution in [0.15, 0.2) is 35.5 Å². The number of hydrogen-bond acceptors (Lipinski definition) is 5. The molecule has 0 spiro atoms. The molecule has 1 heterocycles. The fourth-order valence-electron chi connectivity index (χ4n) is 1.96. The Morgan fingerprint density at radius 2 is 1.95 bits per heavy atom. The maximum atomic E-state index is 5.83. The lowest BCUT2D eigenvalue weighted by Gasteiger charge is -2.19. The van der Waals surface area contributed by atoms with Crippen LogP contribution >= 0.6 is 11.8 Å². The van der Waals surface area contributed by atoms with Crippen LogP contribution in [0.4, 0.5) is 11.6 Å². The molecule has 0 fully saturated rings. The summed E-state index contributed by atoms with van der Waals surface area (Å²) in [6.45, 7) is 5.11. The summed E-state index contributed by atoms with van der Waals surface area (Å²) in [4.78, 5) is 2.23. The predicted molar refractivity (Wildman–Crippen MR) is 85.3 cm³/mol. The van der Waals surface area contributed by atoms with Crippen molar-refractivity contribution in [2.24, 2.45) is 0 Å². The van der Waals surface area contributed by atoms with Crippen LogP contribution in [0.25, 0.3) is 0 Å². The Labute approximate surface area is 124 Å². The number of para-hydroxylation sites is 1. The van der Waals surface area contributed by atoms with Crippen LogP contribution in [-0.2, 0) is 0 Å². The van der Waals surface area contributed by atoms with E-state index in [1.54, 1.807) is 11.8 Å². The van der Waals surface area contributed by atoms with Gasteiger partial charge in [0.15, 0.2) is 5.16 Å². The first kappa shape index (κ1) is 14.7. The number of thioether (sulfide) groups is 1. The lowest BCUT2D eigenvalue weighted by atomic mass is 10.3. The quantitative estimate of drug-likeness (QED) is 0.829. The highest BCUT2D eigenvalue weighted by Crippen LogP contribution is 2.23. The summed E-state index contributed by atoms with van der Waals surface area (Å²) >= 11 is 1.69. The van der Waals surface area contributed by atoms with Gasteiger partial charge in [-0.3, -0.25) is 4.57 Å². The van der Waals surface area contributed by atoms with Gasteiger partial charge in [0.25, 0.3) is 0 Å². The highest BCUT2D eigenvalue weighted by molar-refractivity contribution is 7.99. The molecule has 0 atom stereocenters. The first-order valence-corrected chi connectivity index (χ1v) is 7.67. The third-order valence-corrected chi connectivity index (χ3v) is 3.99. The average molecular weight is 291 g/mol. The maximum absolute atomic E-state index is 5.83. The second kappa shape index (κ2) is 6.65. The monoisotopic (exact) mass is 291 g/mol. The Bertz CT molecular complexity index is 538. The van der Waals surface area contributed by atoms with Crippen LogP contribution in [0.1, 0.15) is 19.9 Å². The van der Waals surface area contributed by atoms with Gasteiger partial charge in [0.2, 0.25) is 5.95 Å². The SMILES string of the molecule is CC(C)n1c(N)nnc1SCCN(C)c1ccccc1. The number of benzene rings is 1. The summed E-state index contributed by atoms with van der Waals surface area (Å²) in [5.74, 6) is 1.43. The first-order chi connectivity index (χ1) is 9.59. The van der Waals surface area contributed by atoms with Gasteiger partial charge in [0, 0.05) is 31.1 Å². The van der Waals surface area contributed by atoms with E-state index in [1.165, 1.54) is 5.69 Å². The summed E-state index contributed by atoms with van der Waals surface area (Å²) in [6.07, 6.45) is 0. The van der Waals surface area contributed by atoms with E-state index in [0.717, 1.165) is 17.5 Å². The number of hydrogen-bond donors (Lipinski definition) is 1. The smallest absolute Gasteiger partial charge is 0.222 e. The number of aromatic nitrogens is 3. The molecule has 1 aromatic carbocycles. The summed E-state index contributed by atoms with van der Waals surface area (Å²) in [7, 11) is 2.09. The number of rotatable bonds is 6. The zero-order valence-electron chi connectivity index (χ0n) is 12.2. The Morgan fingerprint density at radius 3 is 2.60 bits per heavy atom. The highest BCUT2D eigenvalue weighted by atomic mass is 32.2. The molecule has 0 saturated carbocycles. The molecule has 0 saturated heterocycles. The molecule has 5 nitrogen and oxygen atoms in total. The van der Waals surface area contributed by atoms with E-state index in [9.17, 15) is 0 Å². The van der Waals surface area contributed by atoms with Crippen molar-refractivity contribution in [3.05, 3.63) is 30.3 Å². The van der Waals surface area contributed by atoms with Gasteiger partial charge in [-0.1, -0.05) is 30.0 Å². The third-order valence-electron chi connectivity index (χ3n) is 3.06. The molecule has 0 aliphatic heterocycles. The van der Waals surface area contributed by atoms with Crippen molar-refractivity contribution in [2.75, 3.05) is 30.0 Å². The normalized spacial score (nSPS) is 11.0. The van der Waals surface area contributed by atoms with Crippen molar-refractivity contribution in [3.8, 4) is 0 Å². The van der Waals surface area contributed by atoms with Crippen molar-refractivity contribution >= 4 is 23.4 Å². The second-order valence-electron chi connectivity index (χ2n) is 4.91. The molecule has 0 aliphatic carbocycles. The van der Waals surface area contributed by atoms with E-state index in [1.807, 2.05) is 10.6 Å². The second-order valence-corrected chi connectivity index (χ2v) is 5.97. The summed E-state index contributed by atoms with van der Waals surface area (Å²) in [5, 5.41) is 8.98. The topological polar surface area (TPSA) is 60.0 Å². The number of anilines is 2. The Balaban J connectivity index is 1.90. The van der Waals surface area contributed by atoms with Crippen LogP contribution in [0.5, 0.6) is 0 Å². The Morgan fingerprint density at radius 1 is 1.25 bits per heavy atom. The van der Waals surface area contributed by atoms with Crippen molar-refractivity contribution < 1.29 is 0 Å². The van der Waals surface area contributed by atoms with Crippen LogP contribution in [0, 0.1) is 0 Å². The van der Waals surface area contributed by atoms with Crippen molar-refractivity contribution in [1.82, 2.24) is 14.8 Å². The van der Waals surface area contributed by atoms with Gasteiger partial charge < -0.3 is 10.6 Å². The molecule has 0 amide bonds. The van der Waals surface area contributed by atoms with E-state index in [0.29, 0.717) is 5.95 Å². The predicted octanol–water partition coefficient (Wildman–Crippen LogP) is 2.67. The molecule has 6 heteroatoms. The van der Waals surface area contributed by atoms with Gasteiger partial charge >= 0.3 is 0 Å². The Hall–Kier alpha value is -1.69. The van der Waals surface area contributed by atoms with E-state index in [4.69, 9.17) is 5.73 Å². The summed E-state index contributed by atoms with van der Waals surface area (Å²) in [5.41, 5.74) is 7.05. The van der Waals surface area contributed by atoms with Gasteiger partial charge in [-0.25, -0.2) is 0 Å². The zero-order valence-corrected chi connectivity index (χ0v) is 13.0. The molecular weight excluding hydrogens is 270 g/mol. The molecule has 0 aliphatic rings. The molecular formula is C14H21N5S. The van der Waals surface area contributed by atoms with Crippen molar-refractivity contribution in [1.29, 1.82) is 0 Å². The summed E-state index contributed by atoms with van der Waals surface area (Å²) in [6, 6.07) is 10.6. The van der Waals surface area contributed by atoms with Crippen LogP contribution in [-0.4, -0.2) is 34.1 Å². The Kier molecular flexibility index (Phi) is 4.89. The van der Waals surface area contributed by atoms with Crippen LogP contribution < -0.4 is 10.6 Å².